The van der Waals surface area contributed by atoms with E-state index in [-0.39, 0.29) is 23.3 Å². The second-order valence-electron chi connectivity index (χ2n) is 4.93. The summed E-state index contributed by atoms with van der Waals surface area (Å²) in [6.07, 6.45) is 1.53. The first kappa shape index (κ1) is 15.8. The Bertz CT molecular complexity index is 654. The molecule has 118 valence electrons. The molecule has 0 fully saturated rings. The highest BCUT2D eigenvalue weighted by Gasteiger charge is 2.12. The predicted molar refractivity (Wildman–Crippen MR) is 81.2 cm³/mol. The van der Waals surface area contributed by atoms with E-state index in [4.69, 9.17) is 9.47 Å². The zero-order valence-corrected chi connectivity index (χ0v) is 12.7. The number of carbonyl (C=O) groups excluding carboxylic acids is 1. The Balaban J connectivity index is 2.12. The van der Waals surface area contributed by atoms with Crippen LogP contribution < -0.4 is 10.1 Å². The number of anilines is 1. The van der Waals surface area contributed by atoms with Gasteiger partial charge in [-0.1, -0.05) is 0 Å². The molecule has 0 saturated carbocycles. The quantitative estimate of drug-likeness (QED) is 0.850. The number of hydrogen-bond donors (Lipinski definition) is 2. The number of nitrogens with one attached hydrogen (secondary N) is 1. The van der Waals surface area contributed by atoms with Crippen LogP contribution in [0.4, 0.5) is 5.82 Å². The summed E-state index contributed by atoms with van der Waals surface area (Å²) in [7, 11) is 3.33. The van der Waals surface area contributed by atoms with E-state index in [0.717, 1.165) is 0 Å². The Hall–Kier alpha value is -2.54. The monoisotopic (exact) mass is 305 g/mol. The van der Waals surface area contributed by atoms with E-state index in [1.807, 2.05) is 6.92 Å². The molecular formula is C15H19N3O4. The summed E-state index contributed by atoms with van der Waals surface area (Å²) < 4.78 is 12.2. The number of aryl methyl sites for hydroxylation is 1. The molecule has 2 rings (SSSR count). The second-order valence-corrected chi connectivity index (χ2v) is 4.93. The highest BCUT2D eigenvalue weighted by atomic mass is 16.5. The number of aromatic hydroxyl groups is 1. The van der Waals surface area contributed by atoms with Crippen LogP contribution in [0.5, 0.6) is 11.5 Å². The van der Waals surface area contributed by atoms with Crippen molar-refractivity contribution in [1.29, 1.82) is 0 Å². The number of rotatable bonds is 6. The van der Waals surface area contributed by atoms with Crippen LogP contribution in [0, 0.1) is 0 Å². The summed E-state index contributed by atoms with van der Waals surface area (Å²) in [6.45, 7) is 2.24. The van der Waals surface area contributed by atoms with Gasteiger partial charge in [-0.3, -0.25) is 9.48 Å². The molecule has 7 heteroatoms. The van der Waals surface area contributed by atoms with Crippen LogP contribution in [-0.2, 0) is 11.8 Å². The zero-order chi connectivity index (χ0) is 16.1. The highest BCUT2D eigenvalue weighted by Crippen LogP contribution is 2.23. The lowest BCUT2D eigenvalue weighted by atomic mass is 10.2. The molecule has 22 heavy (non-hydrogen) atoms. The first-order valence-electron chi connectivity index (χ1n) is 6.78. The second kappa shape index (κ2) is 6.95. The molecular weight excluding hydrogens is 286 g/mol. The number of hydrogen-bond acceptors (Lipinski definition) is 5. The van der Waals surface area contributed by atoms with Gasteiger partial charge in [0.25, 0.3) is 5.91 Å². The average molecular weight is 305 g/mol. The number of nitrogens with zero attached hydrogens (tertiary/aromatic N) is 2. The fourth-order valence-corrected chi connectivity index (χ4v) is 1.95. The Morgan fingerprint density at radius 1 is 1.45 bits per heavy atom. The van der Waals surface area contributed by atoms with E-state index in [9.17, 15) is 9.90 Å². The SMILES string of the molecule is COCC(C)Oc1cc(O)cc(C(=O)Nc2ccn(C)n2)c1. The minimum absolute atomic E-state index is 0.0479. The van der Waals surface area contributed by atoms with E-state index in [0.29, 0.717) is 18.2 Å². The van der Waals surface area contributed by atoms with Crippen molar-refractivity contribution in [2.75, 3.05) is 19.0 Å². The maximum Gasteiger partial charge on any atom is 0.257 e. The van der Waals surface area contributed by atoms with Gasteiger partial charge in [0.1, 0.15) is 17.6 Å². The molecule has 1 heterocycles. The number of phenolic OH excluding ortho intramolecular Hbond substituents is 1. The largest absolute Gasteiger partial charge is 0.508 e. The fraction of sp³-hybridized carbons (Fsp3) is 0.333. The van der Waals surface area contributed by atoms with Gasteiger partial charge in [-0.25, -0.2) is 0 Å². The molecule has 0 bridgehead atoms. The summed E-state index contributed by atoms with van der Waals surface area (Å²) in [6, 6.07) is 6.05. The Morgan fingerprint density at radius 3 is 2.86 bits per heavy atom. The van der Waals surface area contributed by atoms with Gasteiger partial charge in [-0.05, 0) is 19.1 Å². The predicted octanol–water partition coefficient (Wildman–Crippen LogP) is 1.79. The van der Waals surface area contributed by atoms with Crippen LogP contribution in [0.3, 0.4) is 0 Å². The molecule has 0 aliphatic heterocycles. The van der Waals surface area contributed by atoms with Gasteiger partial charge in [0.2, 0.25) is 0 Å². The van der Waals surface area contributed by atoms with Gasteiger partial charge in [-0.2, -0.15) is 5.10 Å². The molecule has 2 N–H and O–H groups in total. The van der Waals surface area contributed by atoms with Crippen LogP contribution in [-0.4, -0.2) is 40.6 Å². The number of aromatic nitrogens is 2. The summed E-state index contributed by atoms with van der Waals surface area (Å²) in [5.41, 5.74) is 0.283. The number of methoxy groups -OCH3 is 1. The maximum absolute atomic E-state index is 12.2. The van der Waals surface area contributed by atoms with Gasteiger partial charge < -0.3 is 19.9 Å². The van der Waals surface area contributed by atoms with Crippen molar-refractivity contribution >= 4 is 11.7 Å². The van der Waals surface area contributed by atoms with E-state index in [1.165, 1.54) is 12.1 Å². The number of carbonyl (C=O) groups is 1. The smallest absolute Gasteiger partial charge is 0.257 e. The number of ether oxygens (including phenoxy) is 2. The molecule has 1 amide bonds. The highest BCUT2D eigenvalue weighted by molar-refractivity contribution is 6.04. The molecule has 0 spiro atoms. The van der Waals surface area contributed by atoms with E-state index in [2.05, 4.69) is 10.4 Å². The summed E-state index contributed by atoms with van der Waals surface area (Å²) in [5, 5.41) is 16.5. The maximum atomic E-state index is 12.2. The molecule has 0 radical (unpaired) electrons. The molecule has 1 atom stereocenters. The Labute approximate surface area is 128 Å². The van der Waals surface area contributed by atoms with Crippen molar-refractivity contribution in [3.63, 3.8) is 0 Å². The first-order chi connectivity index (χ1) is 10.5. The van der Waals surface area contributed by atoms with Gasteiger partial charge in [0.05, 0.1) is 6.61 Å². The van der Waals surface area contributed by atoms with Crippen LogP contribution in [0.1, 0.15) is 17.3 Å². The third kappa shape index (κ3) is 4.23. The van der Waals surface area contributed by atoms with Crippen molar-refractivity contribution < 1.29 is 19.4 Å². The third-order valence-corrected chi connectivity index (χ3v) is 2.85. The molecule has 1 aromatic heterocycles. The van der Waals surface area contributed by atoms with E-state index in [1.54, 1.807) is 37.2 Å². The standard InChI is InChI=1S/C15H19N3O4/c1-10(9-21-3)22-13-7-11(6-12(19)8-13)15(20)16-14-4-5-18(2)17-14/h4-8,10,19H,9H2,1-3H3,(H,16,17,20). The van der Waals surface area contributed by atoms with Crippen LogP contribution >= 0.6 is 0 Å². The number of phenols is 1. The van der Waals surface area contributed by atoms with Gasteiger partial charge >= 0.3 is 0 Å². The van der Waals surface area contributed by atoms with Crippen molar-refractivity contribution in [2.45, 2.75) is 13.0 Å². The molecule has 1 aromatic carbocycles. The summed E-state index contributed by atoms with van der Waals surface area (Å²) in [5.74, 6) is 0.411. The lowest BCUT2D eigenvalue weighted by Gasteiger charge is -2.14. The minimum Gasteiger partial charge on any atom is -0.508 e. The van der Waals surface area contributed by atoms with Crippen molar-refractivity contribution in [1.82, 2.24) is 9.78 Å². The average Bonchev–Trinajstić information content (AvgIpc) is 2.83. The lowest BCUT2D eigenvalue weighted by molar-refractivity contribution is 0.0915. The van der Waals surface area contributed by atoms with Gasteiger partial charge in [0.15, 0.2) is 5.82 Å². The summed E-state index contributed by atoms with van der Waals surface area (Å²) in [4.78, 5) is 12.2. The van der Waals surface area contributed by atoms with Crippen molar-refractivity contribution in [3.05, 3.63) is 36.0 Å². The lowest BCUT2D eigenvalue weighted by Crippen LogP contribution is -2.18. The normalized spacial score (nSPS) is 12.0. The Morgan fingerprint density at radius 2 is 2.23 bits per heavy atom. The van der Waals surface area contributed by atoms with Gasteiger partial charge in [0, 0.05) is 38.1 Å². The molecule has 0 aliphatic carbocycles. The van der Waals surface area contributed by atoms with E-state index >= 15 is 0 Å². The molecule has 1 unspecified atom stereocenters. The van der Waals surface area contributed by atoms with Crippen LogP contribution in [0.15, 0.2) is 30.5 Å². The van der Waals surface area contributed by atoms with Gasteiger partial charge in [-0.15, -0.1) is 0 Å². The third-order valence-electron chi connectivity index (χ3n) is 2.85. The molecule has 0 aliphatic rings. The topological polar surface area (TPSA) is 85.6 Å². The molecule has 7 nitrogen and oxygen atoms in total. The minimum atomic E-state index is -0.376. The summed E-state index contributed by atoms with van der Waals surface area (Å²) >= 11 is 0. The fourth-order valence-electron chi connectivity index (χ4n) is 1.95. The van der Waals surface area contributed by atoms with Crippen molar-refractivity contribution in [3.8, 4) is 11.5 Å². The molecule has 2 aromatic rings. The number of benzene rings is 1. The Kier molecular flexibility index (Phi) is 5.00. The van der Waals surface area contributed by atoms with Crippen LogP contribution in [0.25, 0.3) is 0 Å². The number of amides is 1. The first-order valence-corrected chi connectivity index (χ1v) is 6.78. The van der Waals surface area contributed by atoms with Crippen molar-refractivity contribution in [2.24, 2.45) is 7.05 Å². The molecule has 0 saturated heterocycles. The van der Waals surface area contributed by atoms with E-state index < -0.39 is 0 Å². The zero-order valence-electron chi connectivity index (χ0n) is 12.7. The van der Waals surface area contributed by atoms with Crippen LogP contribution in [0.2, 0.25) is 0 Å².